The Labute approximate surface area is 215 Å². The molecular formula is C25H48ClN3O3Si2. The van der Waals surface area contributed by atoms with Gasteiger partial charge in [-0.15, -0.1) is 0 Å². The molecule has 0 spiro atoms. The average Bonchev–Trinajstić information content (AvgIpc) is 3.06. The predicted octanol–water partition coefficient (Wildman–Crippen LogP) is 7.58. The van der Waals surface area contributed by atoms with Crippen molar-refractivity contribution in [3.63, 3.8) is 0 Å². The Morgan fingerprint density at radius 3 is 2.24 bits per heavy atom. The number of nitrogens with one attached hydrogen (secondary N) is 1. The number of aromatic nitrogens is 2. The fraction of sp³-hybridized carbons (Fsp3) is 0.840. The first-order chi connectivity index (χ1) is 15.5. The van der Waals surface area contributed by atoms with E-state index in [-0.39, 0.29) is 28.4 Å². The average molecular weight is 530 g/mol. The van der Waals surface area contributed by atoms with Crippen LogP contribution in [0, 0.1) is 0 Å². The van der Waals surface area contributed by atoms with Crippen molar-refractivity contribution in [1.82, 2.24) is 9.97 Å². The van der Waals surface area contributed by atoms with Crippen molar-refractivity contribution in [2.75, 3.05) is 18.5 Å². The molecule has 1 aliphatic heterocycles. The molecule has 0 radical (unpaired) electrons. The minimum atomic E-state index is -1.99. The van der Waals surface area contributed by atoms with Crippen LogP contribution in [0.5, 0.6) is 0 Å². The van der Waals surface area contributed by atoms with Crippen molar-refractivity contribution in [3.8, 4) is 0 Å². The Morgan fingerprint density at radius 1 is 1.09 bits per heavy atom. The summed E-state index contributed by atoms with van der Waals surface area (Å²) in [5, 5.41) is 3.93. The molecule has 0 aliphatic carbocycles. The van der Waals surface area contributed by atoms with Gasteiger partial charge < -0.3 is 18.9 Å². The van der Waals surface area contributed by atoms with Crippen molar-refractivity contribution in [2.24, 2.45) is 0 Å². The van der Waals surface area contributed by atoms with Crippen molar-refractivity contribution in [2.45, 2.75) is 122 Å². The van der Waals surface area contributed by atoms with Gasteiger partial charge in [-0.25, -0.2) is 9.97 Å². The number of hydrogen-bond acceptors (Lipinski definition) is 6. The third-order valence-electron chi connectivity index (χ3n) is 7.80. The molecule has 196 valence electrons. The van der Waals surface area contributed by atoms with Crippen LogP contribution in [-0.2, 0) is 13.6 Å². The molecular weight excluding hydrogens is 482 g/mol. The summed E-state index contributed by atoms with van der Waals surface area (Å²) in [6.45, 7) is 26.2. The van der Waals surface area contributed by atoms with Gasteiger partial charge in [-0.1, -0.05) is 66.5 Å². The first-order valence-corrected chi connectivity index (χ1v) is 18.9. The first-order valence-electron chi connectivity index (χ1n) is 12.7. The van der Waals surface area contributed by atoms with E-state index in [1.54, 1.807) is 6.20 Å². The van der Waals surface area contributed by atoms with E-state index in [0.29, 0.717) is 17.7 Å². The lowest BCUT2D eigenvalue weighted by Gasteiger charge is -2.40. The zero-order valence-electron chi connectivity index (χ0n) is 23.3. The second kappa shape index (κ2) is 11.3. The van der Waals surface area contributed by atoms with Gasteiger partial charge in [0.15, 0.2) is 16.6 Å². The van der Waals surface area contributed by atoms with Crippen LogP contribution in [-0.4, -0.2) is 52.0 Å². The number of unbranched alkanes of at least 4 members (excludes halogenated alkanes) is 1. The second-order valence-electron chi connectivity index (χ2n) is 12.6. The fourth-order valence-corrected chi connectivity index (χ4v) is 5.92. The molecule has 1 aliphatic rings. The van der Waals surface area contributed by atoms with E-state index in [0.717, 1.165) is 31.4 Å². The molecule has 1 fully saturated rings. The molecule has 6 nitrogen and oxygen atoms in total. The highest BCUT2D eigenvalue weighted by molar-refractivity contribution is 6.74. The number of anilines is 1. The largest absolute Gasteiger partial charge is 0.414 e. The van der Waals surface area contributed by atoms with E-state index in [2.05, 4.69) is 89.9 Å². The maximum Gasteiger partial charge on any atom is 0.224 e. The third-order valence-corrected chi connectivity index (χ3v) is 17.1. The number of ether oxygens (including phenoxy) is 1. The smallest absolute Gasteiger partial charge is 0.224 e. The Hall–Kier alpha value is -0.516. The van der Waals surface area contributed by atoms with Gasteiger partial charge in [0.2, 0.25) is 5.95 Å². The van der Waals surface area contributed by atoms with E-state index < -0.39 is 16.6 Å². The van der Waals surface area contributed by atoms with Crippen LogP contribution in [0.1, 0.15) is 79.4 Å². The summed E-state index contributed by atoms with van der Waals surface area (Å²) in [6, 6.07) is 0. The number of rotatable bonds is 10. The van der Waals surface area contributed by atoms with Gasteiger partial charge in [0, 0.05) is 24.7 Å². The van der Waals surface area contributed by atoms with Crippen LogP contribution in [0.3, 0.4) is 0 Å². The van der Waals surface area contributed by atoms with Crippen LogP contribution in [0.4, 0.5) is 5.95 Å². The predicted molar refractivity (Wildman–Crippen MR) is 148 cm³/mol. The maximum atomic E-state index is 6.86. The van der Waals surface area contributed by atoms with Crippen LogP contribution in [0.15, 0.2) is 6.20 Å². The molecule has 0 aromatic carbocycles. The third kappa shape index (κ3) is 7.49. The molecule has 1 saturated heterocycles. The molecule has 1 unspecified atom stereocenters. The highest BCUT2D eigenvalue weighted by Crippen LogP contribution is 2.44. The van der Waals surface area contributed by atoms with Crippen molar-refractivity contribution >= 4 is 34.2 Å². The molecule has 0 amide bonds. The normalized spacial score (nSPS) is 22.3. The Bertz CT molecular complexity index is 810. The molecule has 2 rings (SSSR count). The van der Waals surface area contributed by atoms with Gasteiger partial charge in [0.25, 0.3) is 0 Å². The molecule has 9 heteroatoms. The monoisotopic (exact) mass is 529 g/mol. The SMILES string of the molecule is CCCCNc1ncc([C@H]2CC(O[Si](C)(C)C(C)(C)C)[C@@H](CO[Si](C)(C)C(C)(C)C)O2)c(Cl)n1. The highest BCUT2D eigenvalue weighted by atomic mass is 35.5. The fourth-order valence-electron chi connectivity index (χ4n) is 3.30. The Morgan fingerprint density at radius 2 is 1.71 bits per heavy atom. The van der Waals surface area contributed by atoms with Gasteiger partial charge in [-0.05, 0) is 42.7 Å². The molecule has 3 atom stereocenters. The van der Waals surface area contributed by atoms with E-state index in [4.69, 9.17) is 25.2 Å². The highest BCUT2D eigenvalue weighted by Gasteiger charge is 2.46. The summed E-state index contributed by atoms with van der Waals surface area (Å²) >= 11 is 6.61. The topological polar surface area (TPSA) is 65.5 Å². The van der Waals surface area contributed by atoms with Crippen LogP contribution < -0.4 is 5.32 Å². The summed E-state index contributed by atoms with van der Waals surface area (Å²) in [4.78, 5) is 8.97. The zero-order valence-corrected chi connectivity index (χ0v) is 26.1. The summed E-state index contributed by atoms with van der Waals surface area (Å²) in [5.41, 5.74) is 0.821. The van der Waals surface area contributed by atoms with Gasteiger partial charge in [0.05, 0.1) is 18.8 Å². The Balaban J connectivity index is 2.23. The number of halogens is 1. The van der Waals surface area contributed by atoms with Crippen LogP contribution in [0.2, 0.25) is 41.4 Å². The van der Waals surface area contributed by atoms with Crippen molar-refractivity contribution in [3.05, 3.63) is 16.9 Å². The van der Waals surface area contributed by atoms with Crippen LogP contribution >= 0.6 is 11.6 Å². The lowest BCUT2D eigenvalue weighted by atomic mass is 10.1. The quantitative estimate of drug-likeness (QED) is 0.191. The van der Waals surface area contributed by atoms with Gasteiger partial charge in [-0.3, -0.25) is 0 Å². The van der Waals surface area contributed by atoms with Crippen molar-refractivity contribution < 1.29 is 13.6 Å². The van der Waals surface area contributed by atoms with Gasteiger partial charge in [0.1, 0.15) is 11.3 Å². The van der Waals surface area contributed by atoms with Crippen LogP contribution in [0.25, 0.3) is 0 Å². The lowest BCUT2D eigenvalue weighted by Crippen LogP contribution is -2.48. The molecule has 2 heterocycles. The second-order valence-corrected chi connectivity index (χ2v) is 22.5. The molecule has 0 saturated carbocycles. The van der Waals surface area contributed by atoms with Gasteiger partial charge in [-0.2, -0.15) is 0 Å². The van der Waals surface area contributed by atoms with E-state index in [9.17, 15) is 0 Å². The van der Waals surface area contributed by atoms with E-state index >= 15 is 0 Å². The molecule has 0 bridgehead atoms. The molecule has 1 aromatic heterocycles. The number of hydrogen-bond donors (Lipinski definition) is 1. The summed E-state index contributed by atoms with van der Waals surface area (Å²) < 4.78 is 20.0. The molecule has 34 heavy (non-hydrogen) atoms. The van der Waals surface area contributed by atoms with Gasteiger partial charge >= 0.3 is 0 Å². The standard InChI is InChI=1S/C25H48ClN3O3Si2/c1-12-13-14-27-23-28-16-18(22(26)29-23)19-15-20(32-34(10,11)25(5,6)7)21(31-19)17-30-33(8,9)24(2,3)4/h16,19-21H,12-15,17H2,1-11H3,(H,27,28,29)/t19-,20?,21-/m1/s1. The Kier molecular flexibility index (Phi) is 9.84. The maximum absolute atomic E-state index is 6.86. The summed E-state index contributed by atoms with van der Waals surface area (Å²) in [6.07, 6.45) is 4.30. The minimum Gasteiger partial charge on any atom is -0.414 e. The summed E-state index contributed by atoms with van der Waals surface area (Å²) in [7, 11) is -3.91. The molecule has 1 aromatic rings. The van der Waals surface area contributed by atoms with Crippen molar-refractivity contribution in [1.29, 1.82) is 0 Å². The first kappa shape index (κ1) is 29.7. The van der Waals surface area contributed by atoms with E-state index in [1.165, 1.54) is 0 Å². The lowest BCUT2D eigenvalue weighted by molar-refractivity contribution is -0.0166. The summed E-state index contributed by atoms with van der Waals surface area (Å²) in [5.74, 6) is 0.562. The minimum absolute atomic E-state index is 0.0471. The zero-order chi connectivity index (χ0) is 25.9. The van der Waals surface area contributed by atoms with E-state index in [1.807, 2.05) is 0 Å². The number of nitrogens with zero attached hydrogens (tertiary/aromatic N) is 2. The molecule has 1 N–H and O–H groups in total.